The van der Waals surface area contributed by atoms with E-state index in [4.69, 9.17) is 16.3 Å². The minimum atomic E-state index is -0.158. The second kappa shape index (κ2) is 8.15. The van der Waals surface area contributed by atoms with E-state index in [-0.39, 0.29) is 17.9 Å². The lowest BCUT2D eigenvalue weighted by Gasteiger charge is -2.32. The van der Waals surface area contributed by atoms with E-state index in [1.165, 1.54) is 0 Å². The van der Waals surface area contributed by atoms with Gasteiger partial charge in [-0.3, -0.25) is 9.59 Å². The molecule has 2 amide bonds. The molecule has 0 unspecified atom stereocenters. The van der Waals surface area contributed by atoms with Gasteiger partial charge in [0.2, 0.25) is 5.91 Å². The van der Waals surface area contributed by atoms with Crippen molar-refractivity contribution in [2.45, 2.75) is 25.3 Å². The molecule has 6 heteroatoms. The third-order valence-electron chi connectivity index (χ3n) is 3.82. The molecular weight excluding hydrogens is 304 g/mol. The van der Waals surface area contributed by atoms with Crippen LogP contribution in [0, 0.1) is 0 Å². The number of amides is 2. The normalized spacial score (nSPS) is 15.6. The van der Waals surface area contributed by atoms with Crippen LogP contribution < -0.4 is 5.32 Å². The van der Waals surface area contributed by atoms with Crippen LogP contribution in [0.25, 0.3) is 0 Å². The first-order valence-electron chi connectivity index (χ1n) is 7.44. The maximum atomic E-state index is 12.2. The van der Waals surface area contributed by atoms with Crippen LogP contribution in [-0.2, 0) is 9.53 Å². The molecule has 120 valence electrons. The molecule has 2 rings (SSSR count). The Bertz CT molecular complexity index is 528. The fourth-order valence-electron chi connectivity index (χ4n) is 2.53. The number of benzene rings is 1. The van der Waals surface area contributed by atoms with Crippen molar-refractivity contribution < 1.29 is 14.3 Å². The molecule has 0 aliphatic carbocycles. The molecule has 0 saturated carbocycles. The van der Waals surface area contributed by atoms with E-state index in [1.807, 2.05) is 4.90 Å². The van der Waals surface area contributed by atoms with Crippen LogP contribution in [0.1, 0.15) is 29.6 Å². The van der Waals surface area contributed by atoms with E-state index >= 15 is 0 Å². The van der Waals surface area contributed by atoms with Gasteiger partial charge in [0.25, 0.3) is 5.91 Å². The molecule has 1 aromatic carbocycles. The number of nitrogens with zero attached hydrogens (tertiary/aromatic N) is 1. The summed E-state index contributed by atoms with van der Waals surface area (Å²) in [5, 5.41) is 3.44. The molecule has 1 heterocycles. The van der Waals surface area contributed by atoms with Crippen LogP contribution in [-0.4, -0.2) is 49.6 Å². The molecule has 1 N–H and O–H groups in total. The SMILES string of the molecule is COCCC(=O)N1CCC(NC(=O)c2ccccc2Cl)CC1. The largest absolute Gasteiger partial charge is 0.384 e. The van der Waals surface area contributed by atoms with Gasteiger partial charge in [0.05, 0.1) is 23.6 Å². The summed E-state index contributed by atoms with van der Waals surface area (Å²) < 4.78 is 4.92. The fourth-order valence-corrected chi connectivity index (χ4v) is 2.75. The number of rotatable bonds is 5. The highest BCUT2D eigenvalue weighted by atomic mass is 35.5. The van der Waals surface area contributed by atoms with Gasteiger partial charge in [-0.2, -0.15) is 0 Å². The standard InChI is InChI=1S/C16H21ClN2O3/c1-22-11-8-15(20)19-9-6-12(7-10-19)18-16(21)13-4-2-3-5-14(13)17/h2-5,12H,6-11H2,1H3,(H,18,21). The van der Waals surface area contributed by atoms with Gasteiger partial charge in [-0.25, -0.2) is 0 Å². The second-order valence-electron chi connectivity index (χ2n) is 5.35. The lowest BCUT2D eigenvalue weighted by Crippen LogP contribution is -2.46. The van der Waals surface area contributed by atoms with Gasteiger partial charge in [0.15, 0.2) is 0 Å². The lowest BCUT2D eigenvalue weighted by molar-refractivity contribution is -0.133. The van der Waals surface area contributed by atoms with Crippen molar-refractivity contribution in [3.63, 3.8) is 0 Å². The van der Waals surface area contributed by atoms with Gasteiger partial charge in [-0.15, -0.1) is 0 Å². The number of methoxy groups -OCH3 is 1. The third kappa shape index (κ3) is 4.45. The number of hydrogen-bond donors (Lipinski definition) is 1. The first-order chi connectivity index (χ1) is 10.6. The zero-order chi connectivity index (χ0) is 15.9. The zero-order valence-electron chi connectivity index (χ0n) is 12.7. The van der Waals surface area contributed by atoms with Gasteiger partial charge in [0, 0.05) is 26.2 Å². The Balaban J connectivity index is 1.81. The Hall–Kier alpha value is -1.59. The number of piperidine rings is 1. The summed E-state index contributed by atoms with van der Waals surface area (Å²) in [6, 6.07) is 7.07. The molecule has 1 fully saturated rings. The van der Waals surface area contributed by atoms with Gasteiger partial charge >= 0.3 is 0 Å². The van der Waals surface area contributed by atoms with E-state index in [0.29, 0.717) is 36.7 Å². The summed E-state index contributed by atoms with van der Waals surface area (Å²) >= 11 is 6.02. The molecule has 0 bridgehead atoms. The number of ether oxygens (including phenoxy) is 1. The molecule has 1 aliphatic heterocycles. The quantitative estimate of drug-likeness (QED) is 0.902. The monoisotopic (exact) mass is 324 g/mol. The predicted octanol–water partition coefficient (Wildman–Crippen LogP) is 2.10. The molecule has 0 spiro atoms. The number of hydrogen-bond acceptors (Lipinski definition) is 3. The smallest absolute Gasteiger partial charge is 0.253 e. The average molecular weight is 325 g/mol. The van der Waals surface area contributed by atoms with Gasteiger partial charge < -0.3 is 15.0 Å². The zero-order valence-corrected chi connectivity index (χ0v) is 13.4. The minimum absolute atomic E-state index is 0.0789. The topological polar surface area (TPSA) is 58.6 Å². The van der Waals surface area contributed by atoms with Crippen molar-refractivity contribution in [1.29, 1.82) is 0 Å². The van der Waals surface area contributed by atoms with Crippen LogP contribution in [0.2, 0.25) is 5.02 Å². The molecule has 1 aromatic rings. The fraction of sp³-hybridized carbons (Fsp3) is 0.500. The molecular formula is C16H21ClN2O3. The Morgan fingerprint density at radius 1 is 1.32 bits per heavy atom. The summed E-state index contributed by atoms with van der Waals surface area (Å²) in [6.07, 6.45) is 1.93. The second-order valence-corrected chi connectivity index (χ2v) is 5.76. The Kier molecular flexibility index (Phi) is 6.21. The van der Waals surface area contributed by atoms with Crippen molar-refractivity contribution >= 4 is 23.4 Å². The van der Waals surface area contributed by atoms with Crippen molar-refractivity contribution in [3.8, 4) is 0 Å². The maximum absolute atomic E-state index is 12.2. The highest BCUT2D eigenvalue weighted by Gasteiger charge is 2.24. The molecule has 1 saturated heterocycles. The van der Waals surface area contributed by atoms with E-state index in [2.05, 4.69) is 5.32 Å². The van der Waals surface area contributed by atoms with E-state index in [9.17, 15) is 9.59 Å². The van der Waals surface area contributed by atoms with E-state index < -0.39 is 0 Å². The minimum Gasteiger partial charge on any atom is -0.384 e. The summed E-state index contributed by atoms with van der Waals surface area (Å²) in [4.78, 5) is 25.9. The van der Waals surface area contributed by atoms with Crippen LogP contribution in [0.3, 0.4) is 0 Å². The van der Waals surface area contributed by atoms with Crippen LogP contribution in [0.5, 0.6) is 0 Å². The summed E-state index contributed by atoms with van der Waals surface area (Å²) in [7, 11) is 1.59. The van der Waals surface area contributed by atoms with E-state index in [0.717, 1.165) is 12.8 Å². The Labute approximate surface area is 135 Å². The third-order valence-corrected chi connectivity index (χ3v) is 4.15. The van der Waals surface area contributed by atoms with Crippen molar-refractivity contribution in [1.82, 2.24) is 10.2 Å². The Morgan fingerprint density at radius 3 is 2.64 bits per heavy atom. The Morgan fingerprint density at radius 2 is 2.00 bits per heavy atom. The number of carbonyl (C=O) groups is 2. The molecule has 0 atom stereocenters. The predicted molar refractivity (Wildman–Crippen MR) is 85.0 cm³/mol. The number of halogens is 1. The molecule has 0 radical (unpaired) electrons. The molecule has 22 heavy (non-hydrogen) atoms. The first-order valence-corrected chi connectivity index (χ1v) is 7.81. The summed E-state index contributed by atoms with van der Waals surface area (Å²) in [5.41, 5.74) is 0.489. The van der Waals surface area contributed by atoms with Gasteiger partial charge in [-0.05, 0) is 25.0 Å². The van der Waals surface area contributed by atoms with Crippen LogP contribution in [0.15, 0.2) is 24.3 Å². The van der Waals surface area contributed by atoms with Gasteiger partial charge in [0.1, 0.15) is 0 Å². The maximum Gasteiger partial charge on any atom is 0.253 e. The van der Waals surface area contributed by atoms with Crippen LogP contribution >= 0.6 is 11.6 Å². The summed E-state index contributed by atoms with van der Waals surface area (Å²) in [6.45, 7) is 1.77. The van der Waals surface area contributed by atoms with Gasteiger partial charge in [-0.1, -0.05) is 23.7 Å². The van der Waals surface area contributed by atoms with Crippen molar-refractivity contribution in [2.24, 2.45) is 0 Å². The first kappa shape index (κ1) is 16.8. The average Bonchev–Trinajstić information content (AvgIpc) is 2.53. The molecule has 1 aliphatic rings. The van der Waals surface area contributed by atoms with E-state index in [1.54, 1.807) is 31.4 Å². The molecule has 5 nitrogen and oxygen atoms in total. The highest BCUT2D eigenvalue weighted by Crippen LogP contribution is 2.17. The number of likely N-dealkylation sites (tertiary alicyclic amines) is 1. The molecule has 0 aromatic heterocycles. The summed E-state index contributed by atoms with van der Waals surface area (Å²) in [5.74, 6) is -0.0486. The highest BCUT2D eigenvalue weighted by molar-refractivity contribution is 6.33. The van der Waals surface area contributed by atoms with Crippen LogP contribution in [0.4, 0.5) is 0 Å². The number of nitrogens with one attached hydrogen (secondary N) is 1. The number of carbonyl (C=O) groups excluding carboxylic acids is 2. The van der Waals surface area contributed by atoms with Crippen molar-refractivity contribution in [2.75, 3.05) is 26.8 Å². The lowest BCUT2D eigenvalue weighted by atomic mass is 10.0. The van der Waals surface area contributed by atoms with Crippen molar-refractivity contribution in [3.05, 3.63) is 34.9 Å².